The first-order chi connectivity index (χ1) is 15.3. The smallest absolute Gasteiger partial charge is 0.358 e. The first-order valence-electron chi connectivity index (χ1n) is 10.1. The lowest BCUT2D eigenvalue weighted by Crippen LogP contribution is -2.36. The van der Waals surface area contributed by atoms with Crippen LogP contribution in [0.3, 0.4) is 0 Å². The Bertz CT molecular complexity index is 1010. The number of likely N-dealkylation sites (N-methyl/N-ethyl adjacent to an activating group) is 1. The zero-order valence-corrected chi connectivity index (χ0v) is 18.1. The molecule has 1 aromatic heterocycles. The number of hydrogen-bond acceptors (Lipinski definition) is 3. The van der Waals surface area contributed by atoms with Crippen LogP contribution < -0.4 is 10.6 Å². The molecular formula is C24H23ClF3N3O. The molecule has 2 atom stereocenters. The first-order valence-corrected chi connectivity index (χ1v) is 10.5. The highest BCUT2D eigenvalue weighted by Gasteiger charge is 2.30. The van der Waals surface area contributed by atoms with Crippen molar-refractivity contribution in [1.29, 1.82) is 0 Å². The van der Waals surface area contributed by atoms with Crippen LogP contribution in [-0.4, -0.2) is 24.5 Å². The molecule has 0 aliphatic heterocycles. The first kappa shape index (κ1) is 23.8. The van der Waals surface area contributed by atoms with Crippen molar-refractivity contribution in [2.45, 2.75) is 24.6 Å². The Morgan fingerprint density at radius 2 is 1.62 bits per heavy atom. The molecule has 0 saturated carbocycles. The van der Waals surface area contributed by atoms with Gasteiger partial charge in [0.25, 0.3) is 0 Å². The van der Waals surface area contributed by atoms with Gasteiger partial charge < -0.3 is 10.6 Å². The predicted octanol–water partition coefficient (Wildman–Crippen LogP) is 5.35. The second kappa shape index (κ2) is 10.6. The summed E-state index contributed by atoms with van der Waals surface area (Å²) in [5.74, 6) is -0.397. The van der Waals surface area contributed by atoms with E-state index in [0.29, 0.717) is 18.1 Å². The Hall–Kier alpha value is -2.90. The van der Waals surface area contributed by atoms with E-state index in [1.165, 1.54) is 12.1 Å². The van der Waals surface area contributed by atoms with Gasteiger partial charge in [-0.15, -0.1) is 0 Å². The summed E-state index contributed by atoms with van der Waals surface area (Å²) < 4.78 is 38.9. The van der Waals surface area contributed by atoms with Crippen molar-refractivity contribution in [3.8, 4) is 0 Å². The number of carbonyl (C=O) groups is 1. The summed E-state index contributed by atoms with van der Waals surface area (Å²) in [6.45, 7) is 0.446. The monoisotopic (exact) mass is 461 g/mol. The van der Waals surface area contributed by atoms with E-state index in [1.807, 2.05) is 36.4 Å². The molecule has 0 bridgehead atoms. The van der Waals surface area contributed by atoms with Crippen molar-refractivity contribution in [3.05, 3.63) is 100 Å². The van der Waals surface area contributed by atoms with Gasteiger partial charge in [0.1, 0.15) is 11.2 Å². The van der Waals surface area contributed by atoms with Gasteiger partial charge in [0.05, 0.1) is 5.56 Å². The van der Waals surface area contributed by atoms with Crippen LogP contribution in [0.25, 0.3) is 0 Å². The zero-order chi connectivity index (χ0) is 23.1. The number of rotatable bonds is 8. The van der Waals surface area contributed by atoms with Crippen molar-refractivity contribution in [1.82, 2.24) is 15.6 Å². The number of aromatic nitrogens is 1. The van der Waals surface area contributed by atoms with Crippen molar-refractivity contribution in [2.24, 2.45) is 0 Å². The van der Waals surface area contributed by atoms with Crippen LogP contribution >= 0.6 is 11.6 Å². The lowest BCUT2D eigenvalue weighted by molar-refractivity contribution is -0.137. The molecule has 8 heteroatoms. The molecule has 0 saturated heterocycles. The van der Waals surface area contributed by atoms with Crippen LogP contribution in [0.4, 0.5) is 13.2 Å². The number of halogens is 4. The van der Waals surface area contributed by atoms with Gasteiger partial charge in [0, 0.05) is 19.2 Å². The van der Waals surface area contributed by atoms with Gasteiger partial charge in [-0.3, -0.25) is 4.79 Å². The molecule has 2 N–H and O–H groups in total. The molecule has 0 unspecified atom stereocenters. The van der Waals surface area contributed by atoms with Gasteiger partial charge >= 0.3 is 6.18 Å². The summed E-state index contributed by atoms with van der Waals surface area (Å²) in [4.78, 5) is 16.5. The summed E-state index contributed by atoms with van der Waals surface area (Å²) in [6, 6.07) is 17.4. The second-order valence-electron chi connectivity index (χ2n) is 7.29. The standard InChI is InChI=1S/C24H23ClF3N3O/c1-29-23(32)22(17-5-3-2-4-6-17)30-14-13-20(18-9-12-21(25)31-15-18)16-7-10-19(11-8-16)24(26,27)28/h2-12,15,20,22,30H,13-14H2,1H3,(H,29,32)/t20-,22+/m0/s1. The molecule has 1 heterocycles. The third kappa shape index (κ3) is 6.08. The minimum absolute atomic E-state index is 0.171. The molecule has 3 rings (SSSR count). The lowest BCUT2D eigenvalue weighted by atomic mass is 9.88. The highest BCUT2D eigenvalue weighted by atomic mass is 35.5. The van der Waals surface area contributed by atoms with Crippen LogP contribution in [0, 0.1) is 0 Å². The summed E-state index contributed by atoms with van der Waals surface area (Å²) in [7, 11) is 1.57. The maximum atomic E-state index is 13.0. The van der Waals surface area contributed by atoms with Gasteiger partial charge in [-0.1, -0.05) is 60.1 Å². The van der Waals surface area contributed by atoms with Crippen LogP contribution in [0.2, 0.25) is 5.15 Å². The largest absolute Gasteiger partial charge is 0.416 e. The second-order valence-corrected chi connectivity index (χ2v) is 7.67. The Labute approximate surface area is 189 Å². The van der Waals surface area contributed by atoms with E-state index in [4.69, 9.17) is 11.6 Å². The van der Waals surface area contributed by atoms with Crippen molar-refractivity contribution in [3.63, 3.8) is 0 Å². The maximum absolute atomic E-state index is 13.0. The number of nitrogens with zero attached hydrogens (tertiary/aromatic N) is 1. The zero-order valence-electron chi connectivity index (χ0n) is 17.4. The van der Waals surface area contributed by atoms with Gasteiger partial charge in [-0.25, -0.2) is 4.98 Å². The van der Waals surface area contributed by atoms with Crippen molar-refractivity contribution < 1.29 is 18.0 Å². The van der Waals surface area contributed by atoms with E-state index in [-0.39, 0.29) is 11.8 Å². The highest BCUT2D eigenvalue weighted by molar-refractivity contribution is 6.29. The van der Waals surface area contributed by atoms with Crippen LogP contribution in [0.15, 0.2) is 72.9 Å². The summed E-state index contributed by atoms with van der Waals surface area (Å²) in [6.07, 6.45) is -2.24. The fourth-order valence-corrected chi connectivity index (χ4v) is 3.66. The minimum Gasteiger partial charge on any atom is -0.358 e. The van der Waals surface area contributed by atoms with Gasteiger partial charge in [-0.2, -0.15) is 13.2 Å². The molecule has 3 aromatic rings. The van der Waals surface area contributed by atoms with Crippen LogP contribution in [-0.2, 0) is 11.0 Å². The molecular weight excluding hydrogens is 439 g/mol. The molecule has 32 heavy (non-hydrogen) atoms. The quantitative estimate of drug-likeness (QED) is 0.444. The summed E-state index contributed by atoms with van der Waals surface area (Å²) in [5, 5.41) is 6.26. The SMILES string of the molecule is CNC(=O)[C@H](NCC[C@@H](c1ccc(C(F)(F)F)cc1)c1ccc(Cl)nc1)c1ccccc1. The molecule has 1 amide bonds. The van der Waals surface area contributed by atoms with Crippen molar-refractivity contribution in [2.75, 3.05) is 13.6 Å². The number of amides is 1. The van der Waals surface area contributed by atoms with E-state index in [1.54, 1.807) is 19.3 Å². The molecule has 4 nitrogen and oxygen atoms in total. The highest BCUT2D eigenvalue weighted by Crippen LogP contribution is 2.33. The van der Waals surface area contributed by atoms with Crippen molar-refractivity contribution >= 4 is 17.5 Å². The molecule has 0 radical (unpaired) electrons. The van der Waals surface area contributed by atoms with E-state index in [9.17, 15) is 18.0 Å². The predicted molar refractivity (Wildman–Crippen MR) is 118 cm³/mol. The molecule has 0 spiro atoms. The van der Waals surface area contributed by atoms with Gasteiger partial charge in [0.15, 0.2) is 0 Å². The fourth-order valence-electron chi connectivity index (χ4n) is 3.55. The molecule has 0 aliphatic rings. The topological polar surface area (TPSA) is 54.0 Å². The van der Waals surface area contributed by atoms with E-state index in [0.717, 1.165) is 28.8 Å². The number of pyridine rings is 1. The van der Waals surface area contributed by atoms with E-state index < -0.39 is 17.8 Å². The Morgan fingerprint density at radius 1 is 0.969 bits per heavy atom. The average Bonchev–Trinajstić information content (AvgIpc) is 2.80. The molecule has 2 aromatic carbocycles. The molecule has 0 fully saturated rings. The minimum atomic E-state index is -4.40. The number of benzene rings is 2. The van der Waals surface area contributed by atoms with Gasteiger partial charge in [0.2, 0.25) is 5.91 Å². The number of nitrogens with one attached hydrogen (secondary N) is 2. The van der Waals surface area contributed by atoms with Gasteiger partial charge in [-0.05, 0) is 47.9 Å². The maximum Gasteiger partial charge on any atom is 0.416 e. The number of hydrogen-bond donors (Lipinski definition) is 2. The number of alkyl halides is 3. The Kier molecular flexibility index (Phi) is 7.88. The summed E-state index contributed by atoms with van der Waals surface area (Å²) in [5.41, 5.74) is 1.68. The summed E-state index contributed by atoms with van der Waals surface area (Å²) >= 11 is 5.90. The molecule has 168 valence electrons. The Morgan fingerprint density at radius 3 is 2.19 bits per heavy atom. The number of carbonyl (C=O) groups excluding carboxylic acids is 1. The lowest BCUT2D eigenvalue weighted by Gasteiger charge is -2.22. The van der Waals surface area contributed by atoms with Crippen LogP contribution in [0.1, 0.15) is 40.6 Å². The normalized spacial score (nSPS) is 13.4. The third-order valence-electron chi connectivity index (χ3n) is 5.22. The Balaban J connectivity index is 1.81. The third-order valence-corrected chi connectivity index (χ3v) is 5.44. The average molecular weight is 462 g/mol. The van der Waals surface area contributed by atoms with E-state index in [2.05, 4.69) is 15.6 Å². The van der Waals surface area contributed by atoms with E-state index >= 15 is 0 Å². The fraction of sp³-hybridized carbons (Fsp3) is 0.250. The molecule has 0 aliphatic carbocycles. The van der Waals surface area contributed by atoms with Crippen LogP contribution in [0.5, 0.6) is 0 Å².